The van der Waals surface area contributed by atoms with Crippen LogP contribution < -0.4 is 14.2 Å². The molecule has 8 nitrogen and oxygen atoms in total. The highest BCUT2D eigenvalue weighted by molar-refractivity contribution is 7.10. The number of thiophene rings is 1. The van der Waals surface area contributed by atoms with Crippen LogP contribution >= 0.6 is 11.3 Å². The smallest absolute Gasteiger partial charge is 0.254 e. The second-order valence-electron chi connectivity index (χ2n) is 9.25. The first-order valence-corrected chi connectivity index (χ1v) is 13.7. The summed E-state index contributed by atoms with van der Waals surface area (Å²) in [5.74, 6) is 0.812. The van der Waals surface area contributed by atoms with E-state index in [4.69, 9.17) is 14.2 Å². The molecule has 0 unspecified atom stereocenters. The van der Waals surface area contributed by atoms with Gasteiger partial charge in [-0.3, -0.25) is 14.5 Å². The van der Waals surface area contributed by atoms with Gasteiger partial charge in [0.15, 0.2) is 11.5 Å². The molecule has 0 saturated carbocycles. The van der Waals surface area contributed by atoms with Gasteiger partial charge in [0.25, 0.3) is 5.91 Å². The first-order chi connectivity index (χ1) is 18.9. The van der Waals surface area contributed by atoms with E-state index in [2.05, 4.69) is 4.90 Å². The number of rotatable bonds is 11. The minimum atomic E-state index is -0.326. The third-order valence-corrected chi connectivity index (χ3v) is 7.68. The molecule has 3 aromatic rings. The normalized spacial score (nSPS) is 13.7. The van der Waals surface area contributed by atoms with E-state index < -0.39 is 0 Å². The van der Waals surface area contributed by atoms with E-state index in [1.165, 1.54) is 33.5 Å². The first kappa shape index (κ1) is 28.4. The van der Waals surface area contributed by atoms with Gasteiger partial charge in [0.1, 0.15) is 5.82 Å². The number of amides is 2. The minimum Gasteiger partial charge on any atom is -0.493 e. The van der Waals surface area contributed by atoms with Crippen LogP contribution in [0.2, 0.25) is 0 Å². The highest BCUT2D eigenvalue weighted by Crippen LogP contribution is 2.38. The van der Waals surface area contributed by atoms with Gasteiger partial charge >= 0.3 is 0 Å². The zero-order chi connectivity index (χ0) is 27.8. The number of benzene rings is 2. The van der Waals surface area contributed by atoms with Crippen LogP contribution in [0.15, 0.2) is 53.9 Å². The molecule has 39 heavy (non-hydrogen) atoms. The summed E-state index contributed by atoms with van der Waals surface area (Å²) >= 11 is 1.60. The van der Waals surface area contributed by atoms with Gasteiger partial charge in [-0.05, 0) is 41.3 Å². The zero-order valence-electron chi connectivity index (χ0n) is 22.5. The fraction of sp³-hybridized carbons (Fsp3) is 0.379. The van der Waals surface area contributed by atoms with Crippen LogP contribution in [0.5, 0.6) is 17.2 Å². The minimum absolute atomic E-state index is 0.146. The first-order valence-electron chi connectivity index (χ1n) is 12.8. The van der Waals surface area contributed by atoms with E-state index in [-0.39, 0.29) is 17.6 Å². The molecule has 2 amide bonds. The Balaban J connectivity index is 1.44. The average molecular weight is 556 g/mol. The highest BCUT2D eigenvalue weighted by atomic mass is 32.1. The maximum absolute atomic E-state index is 13.7. The molecule has 10 heteroatoms. The fourth-order valence-corrected chi connectivity index (χ4v) is 5.30. The Morgan fingerprint density at radius 2 is 1.62 bits per heavy atom. The number of ether oxygens (including phenoxy) is 3. The largest absolute Gasteiger partial charge is 0.493 e. The van der Waals surface area contributed by atoms with Crippen LogP contribution in [0.25, 0.3) is 0 Å². The molecular weight excluding hydrogens is 521 g/mol. The van der Waals surface area contributed by atoms with Gasteiger partial charge in [-0.1, -0.05) is 18.2 Å². The maximum Gasteiger partial charge on any atom is 0.254 e. The molecule has 1 fully saturated rings. The summed E-state index contributed by atoms with van der Waals surface area (Å²) in [6.45, 7) is 4.19. The standard InChI is InChI=1S/C29H34FN3O5S/c1-36-25-17-22(18-26(37-2)28(25)38-3)29(35)33(20-21-6-8-23(30)9-7-21)15-12-31-10-13-32(14-11-31)27(34)19-24-5-4-16-39-24/h4-9,16-18H,10-15,19-20H2,1-3H3. The van der Waals surface area contributed by atoms with Crippen molar-refractivity contribution in [3.8, 4) is 17.2 Å². The molecule has 1 aliphatic rings. The summed E-state index contributed by atoms with van der Waals surface area (Å²) in [6.07, 6.45) is 0.437. The monoisotopic (exact) mass is 555 g/mol. The molecule has 0 N–H and O–H groups in total. The molecule has 2 heterocycles. The van der Waals surface area contributed by atoms with E-state index in [1.807, 2.05) is 22.4 Å². The number of hydrogen-bond acceptors (Lipinski definition) is 7. The predicted molar refractivity (Wildman–Crippen MR) is 148 cm³/mol. The van der Waals surface area contributed by atoms with Crippen molar-refractivity contribution in [1.82, 2.24) is 14.7 Å². The fourth-order valence-electron chi connectivity index (χ4n) is 4.61. The SMILES string of the molecule is COc1cc(C(=O)N(CCN2CCN(C(=O)Cc3cccs3)CC2)Cc2ccc(F)cc2)cc(OC)c1OC. The summed E-state index contributed by atoms with van der Waals surface area (Å²) < 4.78 is 29.8. The lowest BCUT2D eigenvalue weighted by molar-refractivity contribution is -0.132. The molecule has 4 rings (SSSR count). The summed E-state index contributed by atoms with van der Waals surface area (Å²) in [4.78, 5) is 33.4. The molecule has 0 atom stereocenters. The molecule has 208 valence electrons. The van der Waals surface area contributed by atoms with Crippen molar-refractivity contribution in [2.24, 2.45) is 0 Å². The Bertz CT molecular complexity index is 1220. The van der Waals surface area contributed by atoms with Crippen molar-refractivity contribution >= 4 is 23.2 Å². The number of nitrogens with zero attached hydrogens (tertiary/aromatic N) is 3. The van der Waals surface area contributed by atoms with Crippen LogP contribution in [0.4, 0.5) is 4.39 Å². The Labute approximate surface area is 232 Å². The van der Waals surface area contributed by atoms with Crippen molar-refractivity contribution in [3.63, 3.8) is 0 Å². The molecule has 1 aromatic heterocycles. The number of piperazine rings is 1. The van der Waals surface area contributed by atoms with Gasteiger partial charge in [-0.15, -0.1) is 11.3 Å². The van der Waals surface area contributed by atoms with Gasteiger partial charge in [-0.25, -0.2) is 4.39 Å². The maximum atomic E-state index is 13.7. The van der Waals surface area contributed by atoms with Gasteiger partial charge in [0, 0.05) is 56.3 Å². The van der Waals surface area contributed by atoms with Gasteiger partial charge < -0.3 is 24.0 Å². The lowest BCUT2D eigenvalue weighted by Gasteiger charge is -2.36. The third-order valence-electron chi connectivity index (χ3n) is 6.80. The van der Waals surface area contributed by atoms with E-state index in [0.29, 0.717) is 62.0 Å². The average Bonchev–Trinajstić information content (AvgIpc) is 3.48. The number of carbonyl (C=O) groups is 2. The summed E-state index contributed by atoms with van der Waals surface area (Å²) in [5, 5.41) is 1.98. The molecule has 0 radical (unpaired) electrons. The molecule has 0 spiro atoms. The van der Waals surface area contributed by atoms with Crippen molar-refractivity contribution in [1.29, 1.82) is 0 Å². The molecular formula is C29H34FN3O5S. The van der Waals surface area contributed by atoms with Crippen molar-refractivity contribution in [2.45, 2.75) is 13.0 Å². The van der Waals surface area contributed by atoms with E-state index in [0.717, 1.165) is 23.5 Å². The summed E-state index contributed by atoms with van der Waals surface area (Å²) in [7, 11) is 4.53. The van der Waals surface area contributed by atoms with Crippen LogP contribution in [0.1, 0.15) is 20.8 Å². The lowest BCUT2D eigenvalue weighted by Crippen LogP contribution is -2.50. The van der Waals surface area contributed by atoms with Gasteiger partial charge in [0.05, 0.1) is 27.8 Å². The van der Waals surface area contributed by atoms with Crippen molar-refractivity contribution in [3.05, 3.63) is 75.7 Å². The second kappa shape index (κ2) is 13.4. The van der Waals surface area contributed by atoms with Crippen LogP contribution in [-0.2, 0) is 17.8 Å². The second-order valence-corrected chi connectivity index (χ2v) is 10.3. The third kappa shape index (κ3) is 7.27. The Kier molecular flexibility index (Phi) is 9.78. The summed E-state index contributed by atoms with van der Waals surface area (Å²) in [6, 6.07) is 13.4. The Hall–Kier alpha value is -3.63. The van der Waals surface area contributed by atoms with Crippen LogP contribution in [-0.4, -0.2) is 87.1 Å². The van der Waals surface area contributed by atoms with Crippen LogP contribution in [0, 0.1) is 5.82 Å². The lowest BCUT2D eigenvalue weighted by atomic mass is 10.1. The van der Waals surface area contributed by atoms with Gasteiger partial charge in [0.2, 0.25) is 11.7 Å². The highest BCUT2D eigenvalue weighted by Gasteiger charge is 2.25. The topological polar surface area (TPSA) is 71.6 Å². The summed E-state index contributed by atoms with van der Waals surface area (Å²) in [5.41, 5.74) is 1.22. The van der Waals surface area contributed by atoms with E-state index in [9.17, 15) is 14.0 Å². The molecule has 2 aromatic carbocycles. The predicted octanol–water partition coefficient (Wildman–Crippen LogP) is 3.94. The number of carbonyl (C=O) groups excluding carboxylic acids is 2. The zero-order valence-corrected chi connectivity index (χ0v) is 23.3. The number of methoxy groups -OCH3 is 3. The Morgan fingerprint density at radius 1 is 0.949 bits per heavy atom. The van der Waals surface area contributed by atoms with Crippen LogP contribution in [0.3, 0.4) is 0 Å². The Morgan fingerprint density at radius 3 is 2.18 bits per heavy atom. The quantitative estimate of drug-likeness (QED) is 0.357. The molecule has 1 saturated heterocycles. The van der Waals surface area contributed by atoms with Gasteiger partial charge in [-0.2, -0.15) is 0 Å². The van der Waals surface area contributed by atoms with Crippen molar-refractivity contribution in [2.75, 3.05) is 60.6 Å². The molecule has 0 aliphatic carbocycles. The number of hydrogen-bond donors (Lipinski definition) is 0. The number of halogens is 1. The van der Waals surface area contributed by atoms with Crippen molar-refractivity contribution < 1.29 is 28.2 Å². The van der Waals surface area contributed by atoms with E-state index in [1.54, 1.807) is 40.5 Å². The molecule has 1 aliphatic heterocycles. The van der Waals surface area contributed by atoms with E-state index >= 15 is 0 Å². The molecule has 0 bridgehead atoms.